The fourth-order valence-corrected chi connectivity index (χ4v) is 2.92. The van der Waals surface area contributed by atoms with E-state index >= 15 is 0 Å². The number of halogens is 2. The van der Waals surface area contributed by atoms with E-state index in [0.29, 0.717) is 11.0 Å². The maximum absolute atomic E-state index is 10.6. The Morgan fingerprint density at radius 1 is 1.39 bits per heavy atom. The van der Waals surface area contributed by atoms with Crippen LogP contribution in [0.15, 0.2) is 34.8 Å². The molecule has 2 aromatic rings. The monoisotopic (exact) mass is 346 g/mol. The second kappa shape index (κ2) is 5.69. The third-order valence-corrected chi connectivity index (χ3v) is 4.13. The Bertz CT molecular complexity index is 588. The first-order valence-electron chi connectivity index (χ1n) is 4.98. The molecule has 0 saturated carbocycles. The summed E-state index contributed by atoms with van der Waals surface area (Å²) in [5.41, 5.74) is 0.872. The number of hydrogen-bond donors (Lipinski definition) is 1. The lowest BCUT2D eigenvalue weighted by Gasteiger charge is -2.06. The molecule has 1 aromatic carbocycles. The molecule has 1 N–H and O–H groups in total. The third kappa shape index (κ3) is 3.22. The molecule has 94 valence electrons. The van der Waals surface area contributed by atoms with Crippen LogP contribution < -0.4 is 5.32 Å². The maximum Gasteiger partial charge on any atom is 0.270 e. The lowest BCUT2D eigenvalue weighted by molar-refractivity contribution is -0.384. The predicted octanol–water partition coefficient (Wildman–Crippen LogP) is 4.68. The summed E-state index contributed by atoms with van der Waals surface area (Å²) in [5, 5.41) is 13.8. The van der Waals surface area contributed by atoms with Gasteiger partial charge in [-0.25, -0.2) is 0 Å². The predicted molar refractivity (Wildman–Crippen MR) is 77.5 cm³/mol. The van der Waals surface area contributed by atoms with Gasteiger partial charge in [-0.15, -0.1) is 11.3 Å². The Morgan fingerprint density at radius 2 is 2.17 bits per heavy atom. The summed E-state index contributed by atoms with van der Waals surface area (Å²) in [5.74, 6) is 0. The molecule has 0 aliphatic carbocycles. The average molecular weight is 348 g/mol. The van der Waals surface area contributed by atoms with Gasteiger partial charge in [0.2, 0.25) is 0 Å². The van der Waals surface area contributed by atoms with Crippen LogP contribution in [0.25, 0.3) is 0 Å². The molecule has 0 radical (unpaired) electrons. The van der Waals surface area contributed by atoms with Gasteiger partial charge in [0.25, 0.3) is 5.69 Å². The summed E-state index contributed by atoms with van der Waals surface area (Å²) in [4.78, 5) is 11.3. The molecule has 0 spiro atoms. The van der Waals surface area contributed by atoms with Gasteiger partial charge in [0.15, 0.2) is 0 Å². The normalized spacial score (nSPS) is 10.3. The van der Waals surface area contributed by atoms with E-state index in [0.717, 1.165) is 14.9 Å². The van der Waals surface area contributed by atoms with Crippen molar-refractivity contribution in [2.24, 2.45) is 0 Å². The number of hydrogen-bond acceptors (Lipinski definition) is 4. The number of nitrogens with one attached hydrogen (secondary N) is 1. The Labute approximate surface area is 121 Å². The number of nitro benzene ring substituents is 1. The minimum atomic E-state index is -0.423. The van der Waals surface area contributed by atoms with E-state index in [4.69, 9.17) is 11.6 Å². The van der Waals surface area contributed by atoms with Gasteiger partial charge in [0.1, 0.15) is 0 Å². The van der Waals surface area contributed by atoms with Crippen LogP contribution in [-0.2, 0) is 6.54 Å². The summed E-state index contributed by atoms with van der Waals surface area (Å²) in [6.07, 6.45) is 0. The van der Waals surface area contributed by atoms with Crippen LogP contribution in [0.2, 0.25) is 4.34 Å². The highest BCUT2D eigenvalue weighted by Crippen LogP contribution is 2.28. The van der Waals surface area contributed by atoms with E-state index in [2.05, 4.69) is 21.2 Å². The van der Waals surface area contributed by atoms with Crippen LogP contribution in [0.4, 0.5) is 11.4 Å². The number of thiophene rings is 1. The van der Waals surface area contributed by atoms with E-state index in [9.17, 15) is 10.1 Å². The zero-order valence-electron chi connectivity index (χ0n) is 9.02. The topological polar surface area (TPSA) is 55.2 Å². The standard InChI is InChI=1S/C11H8BrClN2O2S/c12-9-5-7(15(16)17)1-3-10(9)14-6-8-2-4-11(13)18-8/h1-5,14H,6H2. The molecule has 1 heterocycles. The van der Waals surface area contributed by atoms with Gasteiger partial charge in [-0.2, -0.15) is 0 Å². The van der Waals surface area contributed by atoms with E-state index in [1.54, 1.807) is 6.07 Å². The highest BCUT2D eigenvalue weighted by molar-refractivity contribution is 9.10. The van der Waals surface area contributed by atoms with Crippen molar-refractivity contribution in [2.45, 2.75) is 6.54 Å². The van der Waals surface area contributed by atoms with Crippen molar-refractivity contribution in [1.82, 2.24) is 0 Å². The van der Waals surface area contributed by atoms with Crippen LogP contribution in [0.1, 0.15) is 4.88 Å². The molecule has 0 saturated heterocycles. The molecule has 0 aliphatic heterocycles. The Kier molecular flexibility index (Phi) is 4.21. The van der Waals surface area contributed by atoms with Crippen LogP contribution in [0.5, 0.6) is 0 Å². The molecule has 0 fully saturated rings. The highest BCUT2D eigenvalue weighted by atomic mass is 79.9. The molecule has 4 nitrogen and oxygen atoms in total. The number of anilines is 1. The maximum atomic E-state index is 10.6. The quantitative estimate of drug-likeness (QED) is 0.645. The minimum Gasteiger partial charge on any atom is -0.379 e. The smallest absolute Gasteiger partial charge is 0.270 e. The summed E-state index contributed by atoms with van der Waals surface area (Å²) < 4.78 is 1.41. The van der Waals surface area contributed by atoms with E-state index in [1.165, 1.54) is 23.5 Å². The Balaban J connectivity index is 2.08. The molecule has 0 atom stereocenters. The molecule has 0 bridgehead atoms. The Hall–Kier alpha value is -1.11. The van der Waals surface area contributed by atoms with E-state index in [1.807, 2.05) is 12.1 Å². The molecular formula is C11H8BrClN2O2S. The SMILES string of the molecule is O=[N+]([O-])c1ccc(NCc2ccc(Cl)s2)c(Br)c1. The first kappa shape index (κ1) is 13.3. The molecule has 1 aromatic heterocycles. The molecule has 2 rings (SSSR count). The molecule has 0 unspecified atom stereocenters. The molecule has 7 heteroatoms. The first-order valence-corrected chi connectivity index (χ1v) is 6.97. The lowest BCUT2D eigenvalue weighted by atomic mass is 10.3. The fraction of sp³-hybridized carbons (Fsp3) is 0.0909. The van der Waals surface area contributed by atoms with Gasteiger partial charge in [0, 0.05) is 33.7 Å². The van der Waals surface area contributed by atoms with Crippen molar-refractivity contribution in [1.29, 1.82) is 0 Å². The van der Waals surface area contributed by atoms with Crippen LogP contribution >= 0.6 is 38.9 Å². The van der Waals surface area contributed by atoms with Crippen molar-refractivity contribution in [3.63, 3.8) is 0 Å². The van der Waals surface area contributed by atoms with E-state index in [-0.39, 0.29) is 5.69 Å². The van der Waals surface area contributed by atoms with Crippen molar-refractivity contribution in [2.75, 3.05) is 5.32 Å². The van der Waals surface area contributed by atoms with Gasteiger partial charge in [-0.05, 0) is 34.1 Å². The van der Waals surface area contributed by atoms with Crippen LogP contribution in [0, 0.1) is 10.1 Å². The van der Waals surface area contributed by atoms with Crippen LogP contribution in [-0.4, -0.2) is 4.92 Å². The summed E-state index contributed by atoms with van der Waals surface area (Å²) in [6.45, 7) is 0.633. The molecule has 0 amide bonds. The van der Waals surface area contributed by atoms with Crippen molar-refractivity contribution in [3.8, 4) is 0 Å². The zero-order chi connectivity index (χ0) is 13.1. The first-order chi connectivity index (χ1) is 8.56. The van der Waals surface area contributed by atoms with Crippen molar-refractivity contribution < 1.29 is 4.92 Å². The minimum absolute atomic E-state index is 0.0617. The zero-order valence-corrected chi connectivity index (χ0v) is 12.2. The Morgan fingerprint density at radius 3 is 2.72 bits per heavy atom. The summed E-state index contributed by atoms with van der Waals surface area (Å²) in [6, 6.07) is 8.41. The molecule has 0 aliphatic rings. The molecule has 18 heavy (non-hydrogen) atoms. The average Bonchev–Trinajstić information content (AvgIpc) is 2.73. The number of benzene rings is 1. The highest BCUT2D eigenvalue weighted by Gasteiger charge is 2.09. The number of rotatable bonds is 4. The largest absolute Gasteiger partial charge is 0.379 e. The third-order valence-electron chi connectivity index (χ3n) is 2.25. The van der Waals surface area contributed by atoms with Gasteiger partial charge in [-0.1, -0.05) is 11.6 Å². The summed E-state index contributed by atoms with van der Waals surface area (Å²) in [7, 11) is 0. The molecular weight excluding hydrogens is 340 g/mol. The number of non-ortho nitro benzene ring substituents is 1. The van der Waals surface area contributed by atoms with Crippen molar-refractivity contribution in [3.05, 3.63) is 54.1 Å². The van der Waals surface area contributed by atoms with Gasteiger partial charge in [-0.3, -0.25) is 10.1 Å². The lowest BCUT2D eigenvalue weighted by Crippen LogP contribution is -1.98. The van der Waals surface area contributed by atoms with Gasteiger partial charge in [0.05, 0.1) is 9.26 Å². The van der Waals surface area contributed by atoms with Crippen LogP contribution in [0.3, 0.4) is 0 Å². The van der Waals surface area contributed by atoms with Gasteiger partial charge < -0.3 is 5.32 Å². The second-order valence-electron chi connectivity index (χ2n) is 3.48. The number of nitro groups is 1. The number of nitrogens with zero attached hydrogens (tertiary/aromatic N) is 1. The van der Waals surface area contributed by atoms with Gasteiger partial charge >= 0.3 is 0 Å². The second-order valence-corrected chi connectivity index (χ2v) is 6.13. The van der Waals surface area contributed by atoms with E-state index < -0.39 is 4.92 Å². The summed E-state index contributed by atoms with van der Waals surface area (Å²) >= 11 is 10.6. The van der Waals surface area contributed by atoms with Crippen molar-refractivity contribution >= 4 is 50.2 Å². The fourth-order valence-electron chi connectivity index (χ4n) is 1.39.